The van der Waals surface area contributed by atoms with Gasteiger partial charge in [0.15, 0.2) is 12.1 Å². The summed E-state index contributed by atoms with van der Waals surface area (Å²) in [6.07, 6.45) is 2.08. The Hall–Kier alpha value is -3.76. The molecule has 0 saturated carbocycles. The Balaban J connectivity index is 1.35. The van der Waals surface area contributed by atoms with Gasteiger partial charge in [0.25, 0.3) is 11.8 Å². The molecule has 2 amide bonds. The molecule has 0 aliphatic carbocycles. The van der Waals surface area contributed by atoms with Crippen molar-refractivity contribution in [2.24, 2.45) is 0 Å². The first-order valence-electron chi connectivity index (χ1n) is 17.2. The number of phenols is 1. The maximum absolute atomic E-state index is 14.4. The average Bonchev–Trinajstić information content (AvgIpc) is 3.57. The molecule has 2 aliphatic rings. The highest BCUT2D eigenvalue weighted by Crippen LogP contribution is 2.38. The number of hydroxylamine groups is 6. The minimum absolute atomic E-state index is 0.0914. The van der Waals surface area contributed by atoms with E-state index in [1.54, 1.807) is 12.1 Å². The van der Waals surface area contributed by atoms with Crippen LogP contribution in [0.3, 0.4) is 0 Å². The van der Waals surface area contributed by atoms with Gasteiger partial charge in [-0.2, -0.15) is 0 Å². The molecule has 3 aromatic carbocycles. The largest absolute Gasteiger partial charge is 0.632 e. The number of aromatic hydroxyl groups is 1. The molecular weight excluding hydrogens is 604 g/mol. The first-order valence-corrected chi connectivity index (χ1v) is 17.2. The summed E-state index contributed by atoms with van der Waals surface area (Å²) < 4.78 is -1.56. The van der Waals surface area contributed by atoms with Gasteiger partial charge < -0.3 is 35.4 Å². The van der Waals surface area contributed by atoms with Crippen molar-refractivity contribution in [3.8, 4) is 5.75 Å². The van der Waals surface area contributed by atoms with E-state index in [0.717, 1.165) is 16.7 Å². The molecule has 4 atom stereocenters. The first kappa shape index (κ1) is 35.5. The van der Waals surface area contributed by atoms with E-state index in [-0.39, 0.29) is 54.6 Å². The van der Waals surface area contributed by atoms with Crippen LogP contribution in [0, 0.1) is 17.3 Å². The van der Waals surface area contributed by atoms with Crippen molar-refractivity contribution >= 4 is 23.2 Å². The lowest BCUT2D eigenvalue weighted by Crippen LogP contribution is -2.52. The van der Waals surface area contributed by atoms with Crippen LogP contribution in [-0.2, 0) is 33.5 Å². The van der Waals surface area contributed by atoms with Crippen LogP contribution in [0.25, 0.3) is 0 Å². The van der Waals surface area contributed by atoms with Crippen LogP contribution < -0.4 is 10.6 Å². The number of amides is 2. The summed E-state index contributed by atoms with van der Waals surface area (Å²) in [5.74, 6) is -0.750. The van der Waals surface area contributed by atoms with Crippen molar-refractivity contribution in [1.82, 2.24) is 0 Å². The third-order valence-corrected chi connectivity index (χ3v) is 10.0. The lowest BCUT2D eigenvalue weighted by molar-refractivity contribution is -0.897. The molecular formula is C39H52N4O5. The second kappa shape index (κ2) is 13.3. The number of nitrogens with zero attached hydrogens (tertiary/aromatic N) is 2. The molecule has 9 nitrogen and oxygen atoms in total. The van der Waals surface area contributed by atoms with Gasteiger partial charge in [-0.1, -0.05) is 77.9 Å². The minimum Gasteiger partial charge on any atom is -0.632 e. The molecule has 2 heterocycles. The second-order valence-electron chi connectivity index (χ2n) is 16.0. The average molecular weight is 657 g/mol. The van der Waals surface area contributed by atoms with Crippen LogP contribution in [0.5, 0.6) is 5.75 Å². The van der Waals surface area contributed by atoms with Crippen molar-refractivity contribution in [1.29, 1.82) is 0 Å². The Kier molecular flexibility index (Phi) is 9.83. The highest BCUT2D eigenvalue weighted by atomic mass is 16.6. The molecule has 0 radical (unpaired) electrons. The summed E-state index contributed by atoms with van der Waals surface area (Å²) >= 11 is 0. The summed E-state index contributed by atoms with van der Waals surface area (Å²) in [5, 5.41) is 46.3. The second-order valence-corrected chi connectivity index (χ2v) is 16.0. The molecule has 0 bridgehead atoms. The predicted octanol–water partition coefficient (Wildman–Crippen LogP) is 7.53. The first-order chi connectivity index (χ1) is 22.4. The van der Waals surface area contributed by atoms with Crippen LogP contribution in [0.4, 0.5) is 11.4 Å². The Morgan fingerprint density at radius 2 is 1.10 bits per heavy atom. The van der Waals surface area contributed by atoms with Gasteiger partial charge in [-0.25, -0.2) is 0 Å². The van der Waals surface area contributed by atoms with Crippen molar-refractivity contribution in [2.75, 3.05) is 23.7 Å². The SMILES string of the molecule is Cc1cc(C[N+]2([O-])CCC[C@H]2C(=O)Nc2ccccc2C(C)(C)C)c(O)c(C[N+]2([O-])CCC[C@H]2C(=O)Nc2ccccc2C(C)(C)C)c1. The summed E-state index contributed by atoms with van der Waals surface area (Å²) in [7, 11) is 0. The number of hydrogen-bond donors (Lipinski definition) is 3. The Morgan fingerprint density at radius 1 is 0.729 bits per heavy atom. The standard InChI is InChI=1S/C39H52N4O5/c1-26-22-27(24-42(47)20-12-18-33(42)36(45)40-31-16-10-8-14-29(31)38(2,3)4)35(44)28(23-26)25-43(48)21-13-19-34(43)37(46)41-32-17-11-9-15-30(32)39(5,6)7/h8-11,14-17,22-23,33-34,44H,12-13,18-21,24-25H2,1-7H3,(H,40,45)(H,41,46)/t33-,34-,42?,43?/m0/s1. The van der Waals surface area contributed by atoms with E-state index in [2.05, 4.69) is 52.2 Å². The Morgan fingerprint density at radius 3 is 1.48 bits per heavy atom. The molecule has 2 unspecified atom stereocenters. The maximum atomic E-state index is 14.4. The summed E-state index contributed by atoms with van der Waals surface area (Å²) in [6.45, 7) is 14.7. The van der Waals surface area contributed by atoms with E-state index in [0.29, 0.717) is 48.2 Å². The number of para-hydroxylation sites is 2. The van der Waals surface area contributed by atoms with Crippen molar-refractivity contribution in [3.63, 3.8) is 0 Å². The zero-order valence-electron chi connectivity index (χ0n) is 29.6. The molecule has 2 fully saturated rings. The molecule has 2 saturated heterocycles. The van der Waals surface area contributed by atoms with Crippen LogP contribution in [0.2, 0.25) is 0 Å². The van der Waals surface area contributed by atoms with Crippen LogP contribution in [0.15, 0.2) is 60.7 Å². The number of aryl methyl sites for hydroxylation is 1. The number of hydrogen-bond acceptors (Lipinski definition) is 5. The van der Waals surface area contributed by atoms with Gasteiger partial charge in [0.1, 0.15) is 18.8 Å². The van der Waals surface area contributed by atoms with E-state index in [1.165, 1.54) is 0 Å². The van der Waals surface area contributed by atoms with Crippen molar-refractivity contribution in [3.05, 3.63) is 98.9 Å². The van der Waals surface area contributed by atoms with Gasteiger partial charge in [-0.05, 0) is 58.7 Å². The molecule has 2 aliphatic heterocycles. The van der Waals surface area contributed by atoms with Gasteiger partial charge in [-0.15, -0.1) is 0 Å². The van der Waals surface area contributed by atoms with E-state index in [4.69, 9.17) is 0 Å². The van der Waals surface area contributed by atoms with Crippen molar-refractivity contribution in [2.45, 2.75) is 110 Å². The molecule has 48 heavy (non-hydrogen) atoms. The zero-order valence-corrected chi connectivity index (χ0v) is 29.6. The van der Waals surface area contributed by atoms with E-state index >= 15 is 0 Å². The normalized spacial score (nSPS) is 24.4. The number of carbonyl (C=O) groups excluding carboxylic acids is 2. The molecule has 9 heteroatoms. The number of likely N-dealkylation sites (tertiary alicyclic amines) is 2. The number of rotatable bonds is 8. The molecule has 0 aromatic heterocycles. The number of carbonyl (C=O) groups is 2. The Labute approximate surface area is 285 Å². The van der Waals surface area contributed by atoms with Crippen LogP contribution in [0.1, 0.15) is 95.0 Å². The monoisotopic (exact) mass is 656 g/mol. The van der Waals surface area contributed by atoms with E-state index in [9.17, 15) is 25.1 Å². The minimum atomic E-state index is -0.832. The highest BCUT2D eigenvalue weighted by molar-refractivity contribution is 5.95. The number of nitrogens with one attached hydrogen (secondary N) is 2. The van der Waals surface area contributed by atoms with Gasteiger partial charge in [-0.3, -0.25) is 9.59 Å². The van der Waals surface area contributed by atoms with E-state index in [1.807, 2.05) is 55.5 Å². The quantitative estimate of drug-likeness (QED) is 0.171. The maximum Gasteiger partial charge on any atom is 0.283 e. The topological polar surface area (TPSA) is 125 Å². The lowest BCUT2D eigenvalue weighted by atomic mass is 9.85. The highest BCUT2D eigenvalue weighted by Gasteiger charge is 2.43. The summed E-state index contributed by atoms with van der Waals surface area (Å²) in [6, 6.07) is 17.2. The van der Waals surface area contributed by atoms with Gasteiger partial charge in [0.2, 0.25) is 0 Å². The zero-order chi connectivity index (χ0) is 35.1. The summed E-state index contributed by atoms with van der Waals surface area (Å²) in [5.41, 5.74) is 4.62. The third kappa shape index (κ3) is 7.44. The van der Waals surface area contributed by atoms with Crippen molar-refractivity contribution < 1.29 is 24.0 Å². The molecule has 3 N–H and O–H groups in total. The molecule has 3 aromatic rings. The fourth-order valence-electron chi connectivity index (χ4n) is 7.63. The summed E-state index contributed by atoms with van der Waals surface area (Å²) in [4.78, 5) is 27.3. The van der Waals surface area contributed by atoms with E-state index < -0.39 is 21.4 Å². The van der Waals surface area contributed by atoms with Crippen LogP contribution >= 0.6 is 0 Å². The third-order valence-electron chi connectivity index (χ3n) is 10.0. The molecule has 0 spiro atoms. The Bertz CT molecular complexity index is 1560. The number of quaternary nitrogens is 2. The van der Waals surface area contributed by atoms with Gasteiger partial charge >= 0.3 is 0 Å². The number of benzene rings is 3. The molecule has 5 rings (SSSR count). The van der Waals surface area contributed by atoms with Gasteiger partial charge in [0.05, 0.1) is 13.1 Å². The molecule has 258 valence electrons. The lowest BCUT2D eigenvalue weighted by Gasteiger charge is -2.44. The number of phenolic OH excluding ortho intramolecular Hbond substituents is 1. The van der Waals surface area contributed by atoms with Gasteiger partial charge in [0, 0.05) is 48.2 Å². The fraction of sp³-hybridized carbons (Fsp3) is 0.487. The number of anilines is 2. The smallest absolute Gasteiger partial charge is 0.283 e. The fourth-order valence-corrected chi connectivity index (χ4v) is 7.63. The predicted molar refractivity (Wildman–Crippen MR) is 191 cm³/mol. The van der Waals surface area contributed by atoms with Crippen LogP contribution in [-0.4, -0.2) is 51.4 Å².